The van der Waals surface area contributed by atoms with Crippen LogP contribution in [-0.4, -0.2) is 17.9 Å². The lowest BCUT2D eigenvalue weighted by molar-refractivity contribution is -0.140. The first kappa shape index (κ1) is 18.2. The molecule has 5 heteroatoms. The van der Waals surface area contributed by atoms with Crippen LogP contribution in [0.3, 0.4) is 0 Å². The van der Waals surface area contributed by atoms with Gasteiger partial charge in [-0.05, 0) is 41.3 Å². The van der Waals surface area contributed by atoms with E-state index in [1.54, 1.807) is 24.3 Å². The normalized spacial score (nSPS) is 11.5. The van der Waals surface area contributed by atoms with Crippen molar-refractivity contribution in [1.82, 2.24) is 5.32 Å². The zero-order valence-corrected chi connectivity index (χ0v) is 14.4. The summed E-state index contributed by atoms with van der Waals surface area (Å²) >= 11 is 0. The van der Waals surface area contributed by atoms with Crippen molar-refractivity contribution in [3.05, 3.63) is 54.1 Å². The molecule has 0 heterocycles. The lowest BCUT2D eigenvalue weighted by Gasteiger charge is -2.19. The minimum Gasteiger partial charge on any atom is -0.425 e. The molecule has 0 aromatic heterocycles. The molecule has 25 heavy (non-hydrogen) atoms. The number of hydrogen-bond acceptors (Lipinski definition) is 4. The Morgan fingerprint density at radius 3 is 1.96 bits per heavy atom. The fourth-order valence-electron chi connectivity index (χ4n) is 2.35. The number of carbonyl (C=O) groups is 2. The summed E-state index contributed by atoms with van der Waals surface area (Å²) in [4.78, 5) is 23.5. The zero-order chi connectivity index (χ0) is 18.4. The summed E-state index contributed by atoms with van der Waals surface area (Å²) in [7, 11) is 0. The van der Waals surface area contributed by atoms with Crippen LogP contribution in [0.4, 0.5) is 0 Å². The monoisotopic (exact) mass is 336 g/mol. The molecule has 0 spiro atoms. The van der Waals surface area contributed by atoms with Crippen molar-refractivity contribution in [2.24, 2.45) is 5.92 Å². The fourth-order valence-corrected chi connectivity index (χ4v) is 2.35. The van der Waals surface area contributed by atoms with E-state index in [0.717, 1.165) is 11.1 Å². The van der Waals surface area contributed by atoms with E-state index in [-0.39, 0.29) is 11.8 Å². The maximum absolute atomic E-state index is 12.2. The number of hydrogen-bond donors (Lipinski definition) is 1. The first-order valence-corrected chi connectivity index (χ1v) is 8.00. The minimum atomic E-state index is -0.685. The summed E-state index contributed by atoms with van der Waals surface area (Å²) < 4.78 is 5.37. The summed E-state index contributed by atoms with van der Waals surface area (Å²) in [6.45, 7) is 5.06. The highest BCUT2D eigenvalue weighted by Gasteiger charge is 2.25. The van der Waals surface area contributed by atoms with Gasteiger partial charge in [0.15, 0.2) is 0 Å². The van der Waals surface area contributed by atoms with E-state index in [1.165, 1.54) is 6.92 Å². The van der Waals surface area contributed by atoms with Crippen molar-refractivity contribution in [2.45, 2.75) is 26.8 Å². The highest BCUT2D eigenvalue weighted by atomic mass is 16.5. The minimum absolute atomic E-state index is 0.0747. The largest absolute Gasteiger partial charge is 0.425 e. The maximum atomic E-state index is 12.2. The number of esters is 1. The number of rotatable bonds is 5. The number of nitrogens with one attached hydrogen (secondary N) is 1. The second-order valence-corrected chi connectivity index (χ2v) is 6.06. The van der Waals surface area contributed by atoms with Gasteiger partial charge >= 0.3 is 5.97 Å². The summed E-state index contributed by atoms with van der Waals surface area (Å²) in [5, 5.41) is 11.4. The fraction of sp³-hybridized carbons (Fsp3) is 0.250. The van der Waals surface area contributed by atoms with Crippen LogP contribution in [0, 0.1) is 17.2 Å². The van der Waals surface area contributed by atoms with Crippen LogP contribution >= 0.6 is 0 Å². The molecule has 0 aliphatic heterocycles. The Balaban J connectivity index is 2.10. The highest BCUT2D eigenvalue weighted by Crippen LogP contribution is 2.23. The lowest BCUT2D eigenvalue weighted by Crippen LogP contribution is -2.45. The van der Waals surface area contributed by atoms with Crippen LogP contribution in [0.1, 0.15) is 26.3 Å². The maximum Gasteiger partial charge on any atom is 0.334 e. The van der Waals surface area contributed by atoms with Gasteiger partial charge in [-0.1, -0.05) is 38.1 Å². The van der Waals surface area contributed by atoms with E-state index in [2.05, 4.69) is 11.4 Å². The van der Waals surface area contributed by atoms with E-state index < -0.39 is 12.0 Å². The van der Waals surface area contributed by atoms with Gasteiger partial charge in [-0.25, -0.2) is 4.79 Å². The van der Waals surface area contributed by atoms with Gasteiger partial charge in [0, 0.05) is 6.92 Å². The Hall–Kier alpha value is -3.13. The van der Waals surface area contributed by atoms with E-state index in [0.29, 0.717) is 11.3 Å². The highest BCUT2D eigenvalue weighted by molar-refractivity contribution is 5.84. The standard InChI is InChI=1S/C20H20N2O3/c1-13(2)19(22-14(3)23)20(24)25-18-10-8-17(9-11-18)16-6-4-15(12-21)5-7-16/h4-11,13,19H,1-3H3,(H,22,23). The van der Waals surface area contributed by atoms with Crippen LogP contribution < -0.4 is 10.1 Å². The number of amides is 1. The number of nitriles is 1. The van der Waals surface area contributed by atoms with Crippen molar-refractivity contribution in [3.63, 3.8) is 0 Å². The predicted octanol–water partition coefficient (Wildman–Crippen LogP) is 3.29. The van der Waals surface area contributed by atoms with Crippen molar-refractivity contribution >= 4 is 11.9 Å². The van der Waals surface area contributed by atoms with Gasteiger partial charge in [0.1, 0.15) is 11.8 Å². The van der Waals surface area contributed by atoms with E-state index >= 15 is 0 Å². The lowest BCUT2D eigenvalue weighted by atomic mass is 10.0. The topological polar surface area (TPSA) is 79.2 Å². The Morgan fingerprint density at radius 1 is 1.00 bits per heavy atom. The first-order chi connectivity index (χ1) is 11.9. The Kier molecular flexibility index (Phi) is 5.91. The molecule has 2 rings (SSSR count). The molecule has 0 aliphatic carbocycles. The third-order valence-corrected chi connectivity index (χ3v) is 3.70. The van der Waals surface area contributed by atoms with Gasteiger partial charge in [0.25, 0.3) is 0 Å². The molecule has 2 aromatic rings. The van der Waals surface area contributed by atoms with E-state index in [1.807, 2.05) is 38.1 Å². The van der Waals surface area contributed by atoms with E-state index in [9.17, 15) is 9.59 Å². The molecule has 1 N–H and O–H groups in total. The smallest absolute Gasteiger partial charge is 0.334 e. The first-order valence-electron chi connectivity index (χ1n) is 8.00. The molecule has 0 saturated heterocycles. The average Bonchev–Trinajstić information content (AvgIpc) is 2.60. The quantitative estimate of drug-likeness (QED) is 0.671. The Morgan fingerprint density at radius 2 is 1.52 bits per heavy atom. The molecule has 1 atom stereocenters. The van der Waals surface area contributed by atoms with Gasteiger partial charge in [0.05, 0.1) is 11.6 Å². The summed E-state index contributed by atoms with van der Waals surface area (Å²) in [6, 6.07) is 15.7. The van der Waals surface area contributed by atoms with Gasteiger partial charge < -0.3 is 10.1 Å². The summed E-state index contributed by atoms with van der Waals surface area (Å²) in [6.07, 6.45) is 0. The molecule has 0 saturated carbocycles. The molecule has 1 amide bonds. The second-order valence-electron chi connectivity index (χ2n) is 6.06. The Labute approximate surface area is 147 Å². The molecular weight excluding hydrogens is 316 g/mol. The van der Waals surface area contributed by atoms with Gasteiger partial charge in [-0.2, -0.15) is 5.26 Å². The second kappa shape index (κ2) is 8.11. The molecule has 5 nitrogen and oxygen atoms in total. The van der Waals surface area contributed by atoms with Crippen LogP contribution in [0.2, 0.25) is 0 Å². The van der Waals surface area contributed by atoms with Crippen LogP contribution in [0.15, 0.2) is 48.5 Å². The van der Waals surface area contributed by atoms with Crippen LogP contribution in [0.25, 0.3) is 11.1 Å². The molecule has 0 radical (unpaired) electrons. The van der Waals surface area contributed by atoms with Crippen molar-refractivity contribution in [3.8, 4) is 22.9 Å². The molecule has 1 unspecified atom stereocenters. The van der Waals surface area contributed by atoms with Crippen molar-refractivity contribution in [1.29, 1.82) is 5.26 Å². The molecule has 2 aromatic carbocycles. The molecule has 128 valence electrons. The third kappa shape index (κ3) is 4.92. The van der Waals surface area contributed by atoms with Gasteiger partial charge in [-0.3, -0.25) is 4.79 Å². The van der Waals surface area contributed by atoms with Gasteiger partial charge in [0.2, 0.25) is 5.91 Å². The summed E-state index contributed by atoms with van der Waals surface area (Å²) in [5.41, 5.74) is 2.52. The van der Waals surface area contributed by atoms with Crippen molar-refractivity contribution in [2.75, 3.05) is 0 Å². The molecular formula is C20H20N2O3. The predicted molar refractivity (Wildman–Crippen MR) is 94.7 cm³/mol. The summed E-state index contributed by atoms with van der Waals surface area (Å²) in [5.74, 6) is -0.421. The molecule has 0 aliphatic rings. The average molecular weight is 336 g/mol. The van der Waals surface area contributed by atoms with E-state index in [4.69, 9.17) is 10.00 Å². The van der Waals surface area contributed by atoms with Crippen LogP contribution in [0.5, 0.6) is 5.75 Å². The van der Waals surface area contributed by atoms with Crippen molar-refractivity contribution < 1.29 is 14.3 Å². The number of carbonyl (C=O) groups excluding carboxylic acids is 2. The third-order valence-electron chi connectivity index (χ3n) is 3.70. The molecule has 0 fully saturated rings. The number of benzene rings is 2. The van der Waals surface area contributed by atoms with Crippen LogP contribution in [-0.2, 0) is 9.59 Å². The number of ether oxygens (including phenoxy) is 1. The van der Waals surface area contributed by atoms with Gasteiger partial charge in [-0.15, -0.1) is 0 Å². The SMILES string of the molecule is CC(=O)NC(C(=O)Oc1ccc(-c2ccc(C#N)cc2)cc1)C(C)C. The zero-order valence-electron chi connectivity index (χ0n) is 14.4. The molecule has 0 bridgehead atoms. The number of nitrogens with zero attached hydrogens (tertiary/aromatic N) is 1. The Bertz CT molecular complexity index is 787.